The zero-order chi connectivity index (χ0) is 23.8. The summed E-state index contributed by atoms with van der Waals surface area (Å²) in [5, 5.41) is 2.88. The first kappa shape index (κ1) is 23.8. The normalized spacial score (nSPS) is 17.7. The quantitative estimate of drug-likeness (QED) is 0.693. The van der Waals surface area contributed by atoms with Gasteiger partial charge in [0.25, 0.3) is 0 Å². The molecule has 2 aromatic rings. The summed E-state index contributed by atoms with van der Waals surface area (Å²) in [4.78, 5) is 27.9. The van der Waals surface area contributed by atoms with Crippen LogP contribution in [0.3, 0.4) is 0 Å². The van der Waals surface area contributed by atoms with Gasteiger partial charge in [-0.05, 0) is 68.0 Å². The number of rotatable bonds is 5. The monoisotopic (exact) mass is 487 g/mol. The van der Waals surface area contributed by atoms with Crippen LogP contribution in [-0.4, -0.2) is 49.9 Å². The number of fused-ring (bicyclic) bond motifs is 1. The predicted molar refractivity (Wildman–Crippen MR) is 131 cm³/mol. The molecule has 0 atom stereocenters. The van der Waals surface area contributed by atoms with Crippen LogP contribution in [0.25, 0.3) is 0 Å². The average Bonchev–Trinajstić information content (AvgIpc) is 2.79. The van der Waals surface area contributed by atoms with Crippen LogP contribution in [0.1, 0.15) is 30.9 Å². The lowest BCUT2D eigenvalue weighted by Crippen LogP contribution is -2.41. The summed E-state index contributed by atoms with van der Waals surface area (Å²) < 4.78 is 28.0. The number of aryl methyl sites for hydroxylation is 1. The molecular formula is C24H29N3O4S2. The first-order valence-electron chi connectivity index (χ1n) is 11.1. The Bertz CT molecular complexity index is 1190. The average molecular weight is 488 g/mol. The lowest BCUT2D eigenvalue weighted by molar-refractivity contribution is -0.120. The summed E-state index contributed by atoms with van der Waals surface area (Å²) in [6.07, 6.45) is 1.67. The van der Waals surface area contributed by atoms with Crippen molar-refractivity contribution in [3.63, 3.8) is 0 Å². The molecular weight excluding hydrogens is 458 g/mol. The van der Waals surface area contributed by atoms with Crippen molar-refractivity contribution in [3.8, 4) is 0 Å². The highest BCUT2D eigenvalue weighted by Gasteiger charge is 2.32. The number of amides is 2. The van der Waals surface area contributed by atoms with Crippen molar-refractivity contribution in [2.24, 2.45) is 5.92 Å². The molecule has 2 amide bonds. The number of nitrogens with zero attached hydrogens (tertiary/aromatic N) is 2. The van der Waals surface area contributed by atoms with Crippen LogP contribution in [0.15, 0.2) is 46.2 Å². The van der Waals surface area contributed by atoms with Gasteiger partial charge in [-0.15, -0.1) is 11.8 Å². The van der Waals surface area contributed by atoms with Crippen molar-refractivity contribution in [3.05, 3.63) is 47.5 Å². The Morgan fingerprint density at radius 1 is 1.15 bits per heavy atom. The molecule has 0 aromatic heterocycles. The van der Waals surface area contributed by atoms with Gasteiger partial charge < -0.3 is 10.2 Å². The zero-order valence-corrected chi connectivity index (χ0v) is 20.8. The summed E-state index contributed by atoms with van der Waals surface area (Å²) in [5.41, 5.74) is 3.20. The lowest BCUT2D eigenvalue weighted by Gasteiger charge is -2.31. The van der Waals surface area contributed by atoms with Crippen LogP contribution in [0, 0.1) is 19.8 Å². The second-order valence-corrected chi connectivity index (χ2v) is 11.7. The molecule has 1 fully saturated rings. The number of carbonyl (C=O) groups is 2. The molecule has 2 aliphatic rings. The standard InChI is InChI=1S/C24H29N3O4S2/c1-16-9-11-26(12-10-16)33(30,31)19-7-8-22-21(13-19)27(24(29)15-32-22)14-23(28)25-20-6-4-5-17(2)18(20)3/h4-8,13,16H,9-12,14-15H2,1-3H3,(H,25,28). The molecule has 176 valence electrons. The summed E-state index contributed by atoms with van der Waals surface area (Å²) >= 11 is 1.36. The van der Waals surface area contributed by atoms with E-state index in [9.17, 15) is 18.0 Å². The number of carbonyl (C=O) groups excluding carboxylic acids is 2. The summed E-state index contributed by atoms with van der Waals surface area (Å²) in [5.74, 6) is 0.179. The highest BCUT2D eigenvalue weighted by Crippen LogP contribution is 2.38. The number of hydrogen-bond donors (Lipinski definition) is 1. The molecule has 33 heavy (non-hydrogen) atoms. The number of thioether (sulfide) groups is 1. The SMILES string of the molecule is Cc1cccc(NC(=O)CN2C(=O)CSc3ccc(S(=O)(=O)N4CCC(C)CC4)cc32)c1C. The van der Waals surface area contributed by atoms with Crippen molar-refractivity contribution in [2.45, 2.75) is 43.4 Å². The highest BCUT2D eigenvalue weighted by atomic mass is 32.2. The molecule has 0 aliphatic carbocycles. The van der Waals surface area contributed by atoms with Crippen LogP contribution in [-0.2, 0) is 19.6 Å². The van der Waals surface area contributed by atoms with Gasteiger partial charge in [0.15, 0.2) is 0 Å². The van der Waals surface area contributed by atoms with E-state index in [1.54, 1.807) is 12.1 Å². The van der Waals surface area contributed by atoms with E-state index >= 15 is 0 Å². The summed E-state index contributed by atoms with van der Waals surface area (Å²) in [7, 11) is -3.66. The Morgan fingerprint density at radius 2 is 1.88 bits per heavy atom. The summed E-state index contributed by atoms with van der Waals surface area (Å²) in [6, 6.07) is 10.5. The topological polar surface area (TPSA) is 86.8 Å². The van der Waals surface area contributed by atoms with E-state index in [-0.39, 0.29) is 29.0 Å². The van der Waals surface area contributed by atoms with Gasteiger partial charge in [0.1, 0.15) is 6.54 Å². The Morgan fingerprint density at radius 3 is 2.61 bits per heavy atom. The van der Waals surface area contributed by atoms with E-state index in [0.29, 0.717) is 30.4 Å². The van der Waals surface area contributed by atoms with E-state index in [2.05, 4.69) is 12.2 Å². The molecule has 0 saturated carbocycles. The molecule has 9 heteroatoms. The molecule has 7 nitrogen and oxygen atoms in total. The van der Waals surface area contributed by atoms with Crippen LogP contribution in [0.4, 0.5) is 11.4 Å². The van der Waals surface area contributed by atoms with Gasteiger partial charge in [-0.25, -0.2) is 8.42 Å². The fourth-order valence-corrected chi connectivity index (χ4v) is 6.52. The lowest BCUT2D eigenvalue weighted by atomic mass is 10.0. The highest BCUT2D eigenvalue weighted by molar-refractivity contribution is 8.00. The van der Waals surface area contributed by atoms with Gasteiger partial charge >= 0.3 is 0 Å². The van der Waals surface area contributed by atoms with E-state index in [1.807, 2.05) is 32.0 Å². The van der Waals surface area contributed by atoms with Crippen molar-refractivity contribution in [1.29, 1.82) is 0 Å². The first-order chi connectivity index (χ1) is 15.7. The van der Waals surface area contributed by atoms with Gasteiger partial charge in [-0.1, -0.05) is 19.1 Å². The number of hydrogen-bond acceptors (Lipinski definition) is 5. The fourth-order valence-electron chi connectivity index (χ4n) is 4.11. The van der Waals surface area contributed by atoms with Crippen LogP contribution < -0.4 is 10.2 Å². The van der Waals surface area contributed by atoms with Crippen molar-refractivity contribution < 1.29 is 18.0 Å². The minimum absolute atomic E-state index is 0.158. The van der Waals surface area contributed by atoms with Crippen LogP contribution >= 0.6 is 11.8 Å². The first-order valence-corrected chi connectivity index (χ1v) is 13.5. The maximum absolute atomic E-state index is 13.2. The Labute approximate surface area is 199 Å². The number of piperidine rings is 1. The van der Waals surface area contributed by atoms with E-state index in [1.165, 1.54) is 27.0 Å². The van der Waals surface area contributed by atoms with E-state index in [0.717, 1.165) is 28.9 Å². The summed E-state index contributed by atoms with van der Waals surface area (Å²) in [6.45, 7) is 6.85. The van der Waals surface area contributed by atoms with Crippen molar-refractivity contribution >= 4 is 45.0 Å². The second kappa shape index (κ2) is 9.48. The van der Waals surface area contributed by atoms with E-state index in [4.69, 9.17) is 0 Å². The Hall–Kier alpha value is -2.36. The molecule has 2 aromatic carbocycles. The molecule has 2 aliphatic heterocycles. The van der Waals surface area contributed by atoms with Gasteiger partial charge in [0.2, 0.25) is 21.8 Å². The fraction of sp³-hybridized carbons (Fsp3) is 0.417. The number of anilines is 2. The third kappa shape index (κ3) is 4.95. The largest absolute Gasteiger partial charge is 0.324 e. The maximum Gasteiger partial charge on any atom is 0.244 e. The molecule has 0 radical (unpaired) electrons. The number of benzene rings is 2. The minimum Gasteiger partial charge on any atom is -0.324 e. The van der Waals surface area contributed by atoms with Gasteiger partial charge in [-0.2, -0.15) is 4.31 Å². The third-order valence-corrected chi connectivity index (χ3v) is 9.38. The minimum atomic E-state index is -3.66. The molecule has 0 unspecified atom stereocenters. The molecule has 4 rings (SSSR count). The Kier molecular flexibility index (Phi) is 6.83. The smallest absolute Gasteiger partial charge is 0.244 e. The van der Waals surface area contributed by atoms with Crippen LogP contribution in [0.5, 0.6) is 0 Å². The number of sulfonamides is 1. The van der Waals surface area contributed by atoms with Gasteiger partial charge in [0.05, 0.1) is 16.3 Å². The van der Waals surface area contributed by atoms with Crippen molar-refractivity contribution in [1.82, 2.24) is 4.31 Å². The molecule has 0 bridgehead atoms. The predicted octanol–water partition coefficient (Wildman–Crippen LogP) is 3.80. The zero-order valence-electron chi connectivity index (χ0n) is 19.1. The van der Waals surface area contributed by atoms with Gasteiger partial charge in [-0.3, -0.25) is 9.59 Å². The third-order valence-electron chi connectivity index (χ3n) is 6.43. The molecule has 2 heterocycles. The van der Waals surface area contributed by atoms with Gasteiger partial charge in [0, 0.05) is 23.7 Å². The van der Waals surface area contributed by atoms with E-state index < -0.39 is 10.0 Å². The molecule has 1 saturated heterocycles. The second-order valence-electron chi connectivity index (χ2n) is 8.78. The molecule has 0 spiro atoms. The molecule has 1 N–H and O–H groups in total. The number of nitrogens with one attached hydrogen (secondary N) is 1. The maximum atomic E-state index is 13.2. The Balaban J connectivity index is 1.58. The van der Waals surface area contributed by atoms with Crippen LogP contribution in [0.2, 0.25) is 0 Å². The van der Waals surface area contributed by atoms with Crippen molar-refractivity contribution in [2.75, 3.05) is 35.6 Å².